The number of hydrogen-bond donors (Lipinski definition) is 0. The SMILES string of the molecule is CC[C@H]([C@@H]1CCC(I)C(C)O1)N(Cc1ccccc1)[S@+]([O-])C(C)(C)C. The van der Waals surface area contributed by atoms with Crippen molar-refractivity contribution in [2.24, 2.45) is 0 Å². The van der Waals surface area contributed by atoms with Gasteiger partial charge >= 0.3 is 0 Å². The maximum atomic E-state index is 13.3. The van der Waals surface area contributed by atoms with Gasteiger partial charge in [-0.2, -0.15) is 0 Å². The van der Waals surface area contributed by atoms with E-state index in [1.165, 1.54) is 12.0 Å². The van der Waals surface area contributed by atoms with Crippen LogP contribution in [-0.2, 0) is 22.6 Å². The molecule has 5 atom stereocenters. The van der Waals surface area contributed by atoms with E-state index in [4.69, 9.17) is 4.74 Å². The van der Waals surface area contributed by atoms with Gasteiger partial charge in [-0.3, -0.25) is 0 Å². The summed E-state index contributed by atoms with van der Waals surface area (Å²) < 4.78 is 22.2. The third-order valence-corrected chi connectivity index (χ3v) is 8.27. The zero-order chi connectivity index (χ0) is 18.6. The van der Waals surface area contributed by atoms with Crippen molar-refractivity contribution in [1.82, 2.24) is 4.31 Å². The lowest BCUT2D eigenvalue weighted by molar-refractivity contribution is -0.0657. The second-order valence-corrected chi connectivity index (χ2v) is 11.7. The van der Waals surface area contributed by atoms with Gasteiger partial charge in [0.25, 0.3) is 0 Å². The van der Waals surface area contributed by atoms with E-state index >= 15 is 0 Å². The number of hydrogen-bond acceptors (Lipinski definition) is 3. The molecule has 2 unspecified atom stereocenters. The molecule has 0 amide bonds. The topological polar surface area (TPSA) is 35.5 Å². The molecule has 25 heavy (non-hydrogen) atoms. The van der Waals surface area contributed by atoms with E-state index in [0.717, 1.165) is 12.8 Å². The van der Waals surface area contributed by atoms with Crippen LogP contribution in [0.1, 0.15) is 59.4 Å². The van der Waals surface area contributed by atoms with Gasteiger partial charge in [0, 0.05) is 15.3 Å². The quantitative estimate of drug-likeness (QED) is 0.325. The number of halogens is 1. The Kier molecular flexibility index (Phi) is 8.08. The molecule has 0 aromatic heterocycles. The van der Waals surface area contributed by atoms with E-state index in [1.54, 1.807) is 0 Å². The minimum absolute atomic E-state index is 0.154. The van der Waals surface area contributed by atoms with Crippen molar-refractivity contribution in [2.75, 3.05) is 0 Å². The van der Waals surface area contributed by atoms with Crippen LogP contribution in [0, 0.1) is 0 Å². The molecule has 1 aliphatic heterocycles. The molecule has 2 rings (SSSR count). The van der Waals surface area contributed by atoms with Gasteiger partial charge in [-0.25, -0.2) is 0 Å². The molecule has 1 heterocycles. The zero-order valence-electron chi connectivity index (χ0n) is 16.1. The maximum Gasteiger partial charge on any atom is 0.137 e. The van der Waals surface area contributed by atoms with Gasteiger partial charge in [0.1, 0.15) is 4.75 Å². The van der Waals surface area contributed by atoms with Crippen LogP contribution in [0.2, 0.25) is 0 Å². The molecule has 0 N–H and O–H groups in total. The fourth-order valence-corrected chi connectivity index (χ4v) is 5.37. The molecule has 0 aliphatic carbocycles. The number of rotatable bonds is 6. The average molecular weight is 477 g/mol. The van der Waals surface area contributed by atoms with Crippen LogP contribution in [0.25, 0.3) is 0 Å². The summed E-state index contributed by atoms with van der Waals surface area (Å²) in [7, 11) is 0. The van der Waals surface area contributed by atoms with Crippen molar-refractivity contribution in [2.45, 2.75) is 87.3 Å². The molecule has 0 saturated carbocycles. The molecule has 1 aliphatic rings. The summed E-state index contributed by atoms with van der Waals surface area (Å²) in [6.45, 7) is 11.2. The molecule has 3 nitrogen and oxygen atoms in total. The Morgan fingerprint density at radius 3 is 2.44 bits per heavy atom. The third kappa shape index (κ3) is 5.83. The van der Waals surface area contributed by atoms with Crippen molar-refractivity contribution >= 4 is 34.0 Å². The monoisotopic (exact) mass is 477 g/mol. The highest BCUT2D eigenvalue weighted by molar-refractivity contribution is 14.1. The fraction of sp³-hybridized carbons (Fsp3) is 0.700. The standard InChI is InChI=1S/C20H32INO2S/c1-6-18(19-13-12-17(21)15(2)24-19)22(25(23)20(3,4)5)14-16-10-8-7-9-11-16/h7-11,15,17-19H,6,12-14H2,1-5H3/t15?,17?,18-,19+,25-/m1/s1. The Bertz CT molecular complexity index is 522. The molecule has 5 heteroatoms. The molecule has 1 aromatic rings. The van der Waals surface area contributed by atoms with Gasteiger partial charge in [0.2, 0.25) is 0 Å². The molecule has 1 aromatic carbocycles. The summed E-state index contributed by atoms with van der Waals surface area (Å²) >= 11 is 1.42. The number of alkyl halides is 1. The highest BCUT2D eigenvalue weighted by Gasteiger charge is 2.42. The number of nitrogens with zero attached hydrogens (tertiary/aromatic N) is 1. The Morgan fingerprint density at radius 2 is 1.92 bits per heavy atom. The minimum Gasteiger partial charge on any atom is -0.597 e. The van der Waals surface area contributed by atoms with Gasteiger partial charge in [-0.1, -0.05) is 59.8 Å². The predicted molar refractivity (Wildman–Crippen MR) is 115 cm³/mol. The van der Waals surface area contributed by atoms with Gasteiger partial charge in [-0.05, 0) is 52.5 Å². The smallest absolute Gasteiger partial charge is 0.137 e. The second-order valence-electron chi connectivity index (χ2n) is 7.87. The number of ether oxygens (including phenoxy) is 1. The summed E-state index contributed by atoms with van der Waals surface area (Å²) in [5.74, 6) is 0. The first-order valence-corrected chi connectivity index (χ1v) is 11.6. The fourth-order valence-electron chi connectivity index (χ4n) is 3.34. The lowest BCUT2D eigenvalue weighted by Gasteiger charge is -2.43. The Morgan fingerprint density at radius 1 is 1.28 bits per heavy atom. The van der Waals surface area contributed by atoms with Crippen LogP contribution in [-0.4, -0.2) is 35.8 Å². The van der Waals surface area contributed by atoms with E-state index in [0.29, 0.717) is 10.5 Å². The summed E-state index contributed by atoms with van der Waals surface area (Å²) in [6.07, 6.45) is 3.57. The maximum absolute atomic E-state index is 13.3. The Balaban J connectivity index is 2.25. The molecule has 0 spiro atoms. The van der Waals surface area contributed by atoms with Crippen molar-refractivity contribution < 1.29 is 9.29 Å². The first-order valence-electron chi connectivity index (χ1n) is 9.26. The molecular formula is C20H32INO2S. The molecule has 142 valence electrons. The van der Waals surface area contributed by atoms with Crippen LogP contribution in [0.5, 0.6) is 0 Å². The number of benzene rings is 1. The van der Waals surface area contributed by atoms with E-state index in [-0.39, 0.29) is 23.0 Å². The van der Waals surface area contributed by atoms with Gasteiger partial charge in [-0.15, -0.1) is 4.31 Å². The third-order valence-electron chi connectivity index (χ3n) is 4.76. The lowest BCUT2D eigenvalue weighted by Crippen LogP contribution is -2.54. The van der Waals surface area contributed by atoms with E-state index < -0.39 is 11.4 Å². The zero-order valence-corrected chi connectivity index (χ0v) is 19.0. The van der Waals surface area contributed by atoms with Crippen LogP contribution in [0.4, 0.5) is 0 Å². The van der Waals surface area contributed by atoms with E-state index in [1.807, 2.05) is 18.2 Å². The van der Waals surface area contributed by atoms with Gasteiger partial charge < -0.3 is 9.29 Å². The Hall–Kier alpha value is 0.180. The van der Waals surface area contributed by atoms with Crippen molar-refractivity contribution in [3.63, 3.8) is 0 Å². The molecule has 0 radical (unpaired) electrons. The average Bonchev–Trinajstić information content (AvgIpc) is 2.57. The van der Waals surface area contributed by atoms with Crippen LogP contribution < -0.4 is 0 Å². The lowest BCUT2D eigenvalue weighted by atomic mass is 9.97. The first-order chi connectivity index (χ1) is 11.7. The largest absolute Gasteiger partial charge is 0.597 e. The molecule has 1 saturated heterocycles. The Labute approximate surface area is 170 Å². The normalized spacial score (nSPS) is 27.3. The van der Waals surface area contributed by atoms with Crippen molar-refractivity contribution in [3.05, 3.63) is 35.9 Å². The van der Waals surface area contributed by atoms with Crippen molar-refractivity contribution in [1.29, 1.82) is 0 Å². The molecule has 1 fully saturated rings. The highest BCUT2D eigenvalue weighted by Crippen LogP contribution is 2.33. The summed E-state index contributed by atoms with van der Waals surface area (Å²) in [5, 5.41) is 0. The summed E-state index contributed by atoms with van der Waals surface area (Å²) in [6, 6.07) is 10.5. The van der Waals surface area contributed by atoms with E-state index in [9.17, 15) is 4.55 Å². The van der Waals surface area contributed by atoms with Crippen LogP contribution in [0.3, 0.4) is 0 Å². The second kappa shape index (κ2) is 9.40. The summed E-state index contributed by atoms with van der Waals surface area (Å²) in [5.41, 5.74) is 1.20. The van der Waals surface area contributed by atoms with Crippen LogP contribution in [0.15, 0.2) is 30.3 Å². The predicted octanol–water partition coefficient (Wildman–Crippen LogP) is 5.10. The van der Waals surface area contributed by atoms with Crippen molar-refractivity contribution in [3.8, 4) is 0 Å². The minimum atomic E-state index is -1.08. The molecular weight excluding hydrogens is 445 g/mol. The van der Waals surface area contributed by atoms with E-state index in [2.05, 4.69) is 73.6 Å². The summed E-state index contributed by atoms with van der Waals surface area (Å²) in [4.78, 5) is 0. The highest BCUT2D eigenvalue weighted by atomic mass is 127. The first kappa shape index (κ1) is 21.5. The van der Waals surface area contributed by atoms with Gasteiger partial charge in [0.15, 0.2) is 0 Å². The van der Waals surface area contributed by atoms with Crippen LogP contribution >= 0.6 is 22.6 Å². The van der Waals surface area contributed by atoms with Gasteiger partial charge in [0.05, 0.1) is 24.8 Å². The molecule has 0 bridgehead atoms.